The van der Waals surface area contributed by atoms with Crippen LogP contribution in [0.5, 0.6) is 0 Å². The molecule has 0 unspecified atom stereocenters. The van der Waals surface area contributed by atoms with E-state index in [1.807, 2.05) is 26.0 Å². The standard InChI is InChI=1S/C26H35N3O4/c1-4-33-17-5-14-28(3)22-12-15-29(16-13-22)24-11-10-21(18-23(24)26(31)32)27-25(30)20-8-6-19(2)7-9-20/h6-11,18,22H,4-5,12-17H2,1-3H3,(H,27,30)(H,31,32). The lowest BCUT2D eigenvalue weighted by Crippen LogP contribution is -2.44. The van der Waals surface area contributed by atoms with Crippen molar-refractivity contribution in [3.8, 4) is 0 Å². The molecule has 2 aromatic rings. The maximum absolute atomic E-state index is 12.5. The summed E-state index contributed by atoms with van der Waals surface area (Å²) in [6, 6.07) is 12.9. The molecule has 1 aliphatic heterocycles. The molecule has 0 aromatic heterocycles. The molecule has 2 aromatic carbocycles. The van der Waals surface area contributed by atoms with Gasteiger partial charge in [0.05, 0.1) is 11.3 Å². The molecule has 178 valence electrons. The fourth-order valence-electron chi connectivity index (χ4n) is 4.26. The number of nitrogens with one attached hydrogen (secondary N) is 1. The summed E-state index contributed by atoms with van der Waals surface area (Å²) >= 11 is 0. The molecular formula is C26H35N3O4. The second-order valence-corrected chi connectivity index (χ2v) is 8.61. The Balaban J connectivity index is 1.62. The van der Waals surface area contributed by atoms with Gasteiger partial charge in [0.2, 0.25) is 0 Å². The maximum atomic E-state index is 12.5. The number of carboxylic acids is 1. The zero-order chi connectivity index (χ0) is 23.8. The zero-order valence-electron chi connectivity index (χ0n) is 19.8. The molecular weight excluding hydrogens is 418 g/mol. The second kappa shape index (κ2) is 11.8. The lowest BCUT2D eigenvalue weighted by molar-refractivity contribution is 0.0697. The van der Waals surface area contributed by atoms with Crippen molar-refractivity contribution in [2.45, 2.75) is 39.2 Å². The smallest absolute Gasteiger partial charge is 0.337 e. The van der Waals surface area contributed by atoms with E-state index in [-0.39, 0.29) is 11.5 Å². The molecule has 1 saturated heterocycles. The number of anilines is 2. The monoisotopic (exact) mass is 453 g/mol. The number of aryl methyl sites for hydroxylation is 1. The summed E-state index contributed by atoms with van der Waals surface area (Å²) in [7, 11) is 2.15. The van der Waals surface area contributed by atoms with Crippen LogP contribution in [0, 0.1) is 6.92 Å². The molecule has 3 rings (SSSR count). The first kappa shape index (κ1) is 24.7. The Bertz CT molecular complexity index is 937. The molecule has 7 nitrogen and oxygen atoms in total. The van der Waals surface area contributed by atoms with Gasteiger partial charge in [-0.05, 0) is 70.5 Å². The minimum atomic E-state index is -0.994. The van der Waals surface area contributed by atoms with Crippen LogP contribution >= 0.6 is 0 Å². The molecule has 0 atom stereocenters. The topological polar surface area (TPSA) is 82.1 Å². The van der Waals surface area contributed by atoms with E-state index in [1.165, 1.54) is 0 Å². The summed E-state index contributed by atoms with van der Waals surface area (Å²) in [6.07, 6.45) is 2.98. The van der Waals surface area contributed by atoms with E-state index in [2.05, 4.69) is 22.2 Å². The van der Waals surface area contributed by atoms with E-state index in [0.717, 1.165) is 57.7 Å². The van der Waals surface area contributed by atoms with Crippen LogP contribution in [0.25, 0.3) is 0 Å². The number of aromatic carboxylic acids is 1. The Hall–Kier alpha value is -2.90. The normalized spacial score (nSPS) is 14.5. The van der Waals surface area contributed by atoms with E-state index in [0.29, 0.717) is 23.0 Å². The van der Waals surface area contributed by atoms with Gasteiger partial charge in [0.25, 0.3) is 5.91 Å². The molecule has 1 aliphatic rings. The predicted octanol–water partition coefficient (Wildman–Crippen LogP) is 4.27. The molecule has 1 amide bonds. The number of nitrogens with zero attached hydrogens (tertiary/aromatic N) is 2. The van der Waals surface area contributed by atoms with Gasteiger partial charge in [-0.25, -0.2) is 4.79 Å². The third kappa shape index (κ3) is 6.79. The van der Waals surface area contributed by atoms with Crippen LogP contribution in [0.1, 0.15) is 52.5 Å². The number of carboxylic acid groups (broad SMARTS) is 1. The highest BCUT2D eigenvalue weighted by atomic mass is 16.5. The minimum Gasteiger partial charge on any atom is -0.478 e. The second-order valence-electron chi connectivity index (χ2n) is 8.61. The number of benzene rings is 2. The van der Waals surface area contributed by atoms with Gasteiger partial charge < -0.3 is 25.0 Å². The average Bonchev–Trinajstić information content (AvgIpc) is 2.82. The van der Waals surface area contributed by atoms with Gasteiger partial charge in [-0.3, -0.25) is 4.79 Å². The third-order valence-corrected chi connectivity index (χ3v) is 6.23. The van der Waals surface area contributed by atoms with Crippen LogP contribution < -0.4 is 10.2 Å². The summed E-state index contributed by atoms with van der Waals surface area (Å²) in [5.41, 5.74) is 3.00. The quantitative estimate of drug-likeness (QED) is 0.523. The molecule has 33 heavy (non-hydrogen) atoms. The van der Waals surface area contributed by atoms with Gasteiger partial charge >= 0.3 is 5.97 Å². The Morgan fingerprint density at radius 3 is 2.48 bits per heavy atom. The number of carbonyl (C=O) groups excluding carboxylic acids is 1. The first-order chi connectivity index (χ1) is 15.9. The first-order valence-electron chi connectivity index (χ1n) is 11.7. The number of hydrogen-bond donors (Lipinski definition) is 2. The molecule has 0 saturated carbocycles. The average molecular weight is 454 g/mol. The molecule has 2 N–H and O–H groups in total. The van der Waals surface area contributed by atoms with Gasteiger partial charge in [0.1, 0.15) is 0 Å². The highest BCUT2D eigenvalue weighted by Gasteiger charge is 2.25. The van der Waals surface area contributed by atoms with Crippen molar-refractivity contribution in [1.29, 1.82) is 0 Å². The lowest BCUT2D eigenvalue weighted by atomic mass is 10.0. The van der Waals surface area contributed by atoms with Gasteiger partial charge in [-0.2, -0.15) is 0 Å². The number of hydrogen-bond acceptors (Lipinski definition) is 5. The lowest BCUT2D eigenvalue weighted by Gasteiger charge is -2.38. The highest BCUT2D eigenvalue weighted by Crippen LogP contribution is 2.28. The Kier molecular flexibility index (Phi) is 8.86. The van der Waals surface area contributed by atoms with Crippen molar-refractivity contribution >= 4 is 23.3 Å². The van der Waals surface area contributed by atoms with Crippen molar-refractivity contribution in [1.82, 2.24) is 4.90 Å². The SMILES string of the molecule is CCOCCCN(C)C1CCN(c2ccc(NC(=O)c3ccc(C)cc3)cc2C(=O)O)CC1. The maximum Gasteiger partial charge on any atom is 0.337 e. The Morgan fingerprint density at radius 2 is 1.85 bits per heavy atom. The number of amides is 1. The summed E-state index contributed by atoms with van der Waals surface area (Å²) in [6.45, 7) is 8.11. The molecule has 0 radical (unpaired) electrons. The number of ether oxygens (including phenoxy) is 1. The van der Waals surface area contributed by atoms with Crippen molar-refractivity contribution < 1.29 is 19.4 Å². The van der Waals surface area contributed by atoms with Crippen molar-refractivity contribution in [3.63, 3.8) is 0 Å². The minimum absolute atomic E-state index is 0.209. The summed E-state index contributed by atoms with van der Waals surface area (Å²) in [4.78, 5) is 29.0. The van der Waals surface area contributed by atoms with Crippen molar-refractivity contribution in [3.05, 3.63) is 59.2 Å². The van der Waals surface area contributed by atoms with E-state index < -0.39 is 5.97 Å². The van der Waals surface area contributed by atoms with E-state index in [9.17, 15) is 14.7 Å². The zero-order valence-corrected chi connectivity index (χ0v) is 19.8. The Labute approximate surface area is 196 Å². The van der Waals surface area contributed by atoms with Gasteiger partial charge in [-0.15, -0.1) is 0 Å². The van der Waals surface area contributed by atoms with Gasteiger partial charge in [-0.1, -0.05) is 17.7 Å². The van der Waals surface area contributed by atoms with E-state index in [4.69, 9.17) is 4.74 Å². The molecule has 0 bridgehead atoms. The summed E-state index contributed by atoms with van der Waals surface area (Å²) < 4.78 is 5.43. The summed E-state index contributed by atoms with van der Waals surface area (Å²) in [5, 5.41) is 12.6. The van der Waals surface area contributed by atoms with Crippen molar-refractivity contribution in [2.75, 3.05) is 50.1 Å². The van der Waals surface area contributed by atoms with E-state index >= 15 is 0 Å². The van der Waals surface area contributed by atoms with Crippen LogP contribution in [-0.4, -0.2) is 67.8 Å². The van der Waals surface area contributed by atoms with Crippen molar-refractivity contribution in [2.24, 2.45) is 0 Å². The molecule has 7 heteroatoms. The largest absolute Gasteiger partial charge is 0.478 e. The van der Waals surface area contributed by atoms with Crippen LogP contribution in [0.4, 0.5) is 11.4 Å². The fourth-order valence-corrected chi connectivity index (χ4v) is 4.26. The first-order valence-corrected chi connectivity index (χ1v) is 11.7. The molecule has 0 aliphatic carbocycles. The van der Waals surface area contributed by atoms with E-state index in [1.54, 1.807) is 30.3 Å². The molecule has 1 fully saturated rings. The third-order valence-electron chi connectivity index (χ3n) is 6.23. The fraction of sp³-hybridized carbons (Fsp3) is 0.462. The van der Waals surface area contributed by atoms with Crippen LogP contribution in [0.15, 0.2) is 42.5 Å². The molecule has 0 spiro atoms. The molecule has 1 heterocycles. The van der Waals surface area contributed by atoms with Crippen LogP contribution in [0.2, 0.25) is 0 Å². The van der Waals surface area contributed by atoms with Gasteiger partial charge in [0, 0.05) is 50.1 Å². The van der Waals surface area contributed by atoms with Crippen LogP contribution in [-0.2, 0) is 4.74 Å². The predicted molar refractivity (Wildman–Crippen MR) is 132 cm³/mol. The number of piperidine rings is 1. The highest BCUT2D eigenvalue weighted by molar-refractivity contribution is 6.05. The summed E-state index contributed by atoms with van der Waals surface area (Å²) in [5.74, 6) is -1.25. The van der Waals surface area contributed by atoms with Crippen LogP contribution in [0.3, 0.4) is 0 Å². The Morgan fingerprint density at radius 1 is 1.15 bits per heavy atom. The van der Waals surface area contributed by atoms with Gasteiger partial charge in [0.15, 0.2) is 0 Å². The number of carbonyl (C=O) groups is 2. The number of rotatable bonds is 10.